The van der Waals surface area contributed by atoms with Crippen molar-refractivity contribution in [3.63, 3.8) is 0 Å². The smallest absolute Gasteiger partial charge is 0.237 e. The van der Waals surface area contributed by atoms with Crippen LogP contribution in [-0.2, 0) is 9.59 Å². The molecule has 138 valence electrons. The number of carbonyl (C=O) groups is 2. The summed E-state index contributed by atoms with van der Waals surface area (Å²) in [5.74, 6) is -0.277. The number of ether oxygens (including phenoxy) is 1. The van der Waals surface area contributed by atoms with Gasteiger partial charge in [-0.05, 0) is 49.4 Å². The highest BCUT2D eigenvalue weighted by molar-refractivity contribution is 8.01. The second-order valence-corrected chi connectivity index (χ2v) is 7.08. The molecule has 2 aromatic rings. The van der Waals surface area contributed by atoms with Gasteiger partial charge in [0.1, 0.15) is 11.6 Å². The molecule has 2 rings (SSSR count). The van der Waals surface area contributed by atoms with E-state index in [0.29, 0.717) is 22.1 Å². The van der Waals surface area contributed by atoms with Gasteiger partial charge < -0.3 is 15.4 Å². The fourth-order valence-corrected chi connectivity index (χ4v) is 2.94. The molecule has 0 heterocycles. The van der Waals surface area contributed by atoms with Crippen molar-refractivity contribution in [3.8, 4) is 5.75 Å². The van der Waals surface area contributed by atoms with Crippen molar-refractivity contribution < 1.29 is 18.7 Å². The largest absolute Gasteiger partial charge is 0.495 e. The number of hydrogen-bond donors (Lipinski definition) is 2. The normalized spacial score (nSPS) is 11.5. The summed E-state index contributed by atoms with van der Waals surface area (Å²) >= 11 is 7.21. The van der Waals surface area contributed by atoms with Crippen LogP contribution in [0, 0.1) is 5.82 Å². The van der Waals surface area contributed by atoms with Crippen molar-refractivity contribution in [2.45, 2.75) is 12.2 Å². The van der Waals surface area contributed by atoms with Crippen LogP contribution in [0.3, 0.4) is 0 Å². The molecule has 2 aromatic carbocycles. The predicted molar refractivity (Wildman–Crippen MR) is 104 cm³/mol. The number of hydrogen-bond acceptors (Lipinski definition) is 4. The monoisotopic (exact) mass is 396 g/mol. The summed E-state index contributed by atoms with van der Waals surface area (Å²) in [7, 11) is 1.51. The lowest BCUT2D eigenvalue weighted by atomic mass is 10.3. The van der Waals surface area contributed by atoms with Gasteiger partial charge >= 0.3 is 0 Å². The highest BCUT2D eigenvalue weighted by atomic mass is 35.5. The summed E-state index contributed by atoms with van der Waals surface area (Å²) in [6.45, 7) is 1.70. The molecule has 0 saturated carbocycles. The van der Waals surface area contributed by atoms with Gasteiger partial charge in [0.05, 0.1) is 23.1 Å². The van der Waals surface area contributed by atoms with E-state index in [0.717, 1.165) is 0 Å². The summed E-state index contributed by atoms with van der Waals surface area (Å²) in [5.41, 5.74) is 1.05. The van der Waals surface area contributed by atoms with Gasteiger partial charge in [-0.2, -0.15) is 0 Å². The van der Waals surface area contributed by atoms with E-state index in [2.05, 4.69) is 10.6 Å². The van der Waals surface area contributed by atoms with Crippen molar-refractivity contribution in [1.82, 2.24) is 0 Å². The number of methoxy groups -OCH3 is 1. The van der Waals surface area contributed by atoms with Gasteiger partial charge in [0.2, 0.25) is 11.8 Å². The Hall–Kier alpha value is -2.25. The van der Waals surface area contributed by atoms with E-state index in [9.17, 15) is 14.0 Å². The third-order valence-electron chi connectivity index (χ3n) is 3.38. The first kappa shape index (κ1) is 20.1. The first-order chi connectivity index (χ1) is 12.4. The predicted octanol–water partition coefficient (Wildman–Crippen LogP) is 4.19. The van der Waals surface area contributed by atoms with Gasteiger partial charge in [0.25, 0.3) is 0 Å². The molecule has 0 spiro atoms. The summed E-state index contributed by atoms with van der Waals surface area (Å²) in [6, 6.07) is 10.4. The molecular formula is C18H18ClFN2O3S. The van der Waals surface area contributed by atoms with Gasteiger partial charge in [0.15, 0.2) is 0 Å². The van der Waals surface area contributed by atoms with Gasteiger partial charge in [-0.25, -0.2) is 4.39 Å². The molecule has 0 aliphatic rings. The summed E-state index contributed by atoms with van der Waals surface area (Å²) < 4.78 is 17.9. The zero-order valence-electron chi connectivity index (χ0n) is 14.2. The summed E-state index contributed by atoms with van der Waals surface area (Å²) in [4.78, 5) is 24.1. The van der Waals surface area contributed by atoms with Crippen molar-refractivity contribution in [3.05, 3.63) is 53.3 Å². The van der Waals surface area contributed by atoms with Gasteiger partial charge in [-0.3, -0.25) is 9.59 Å². The van der Waals surface area contributed by atoms with Crippen LogP contribution in [-0.4, -0.2) is 29.9 Å². The maximum Gasteiger partial charge on any atom is 0.237 e. The molecule has 26 heavy (non-hydrogen) atoms. The molecule has 0 radical (unpaired) electrons. The minimum absolute atomic E-state index is 0.0926. The number of amides is 2. The van der Waals surface area contributed by atoms with Crippen LogP contribution < -0.4 is 15.4 Å². The third-order valence-corrected chi connectivity index (χ3v) is 4.82. The molecule has 0 aliphatic heterocycles. The van der Waals surface area contributed by atoms with E-state index in [1.165, 1.54) is 43.1 Å². The Morgan fingerprint density at radius 1 is 1.15 bits per heavy atom. The van der Waals surface area contributed by atoms with Crippen LogP contribution in [0.2, 0.25) is 5.02 Å². The molecule has 1 atom stereocenters. The van der Waals surface area contributed by atoms with Crippen molar-refractivity contribution in [2.24, 2.45) is 0 Å². The molecule has 2 amide bonds. The number of nitrogens with one attached hydrogen (secondary N) is 2. The lowest BCUT2D eigenvalue weighted by molar-refractivity contribution is -0.115. The Kier molecular flexibility index (Phi) is 7.29. The average molecular weight is 397 g/mol. The van der Waals surface area contributed by atoms with E-state index in [1.54, 1.807) is 25.1 Å². The van der Waals surface area contributed by atoms with Gasteiger partial charge in [0, 0.05) is 11.4 Å². The minimum atomic E-state index is -0.449. The standard InChI is InChI=1S/C18H18ClFN2O3S/c1-11(18(24)22-14-7-8-16(25-2)15(19)9-14)26-10-17(23)21-13-5-3-12(20)4-6-13/h3-9,11H,10H2,1-2H3,(H,21,23)(H,22,24). The fourth-order valence-electron chi connectivity index (χ4n) is 1.99. The van der Waals surface area contributed by atoms with Gasteiger partial charge in [-0.1, -0.05) is 11.6 Å². The Balaban J connectivity index is 1.82. The van der Waals surface area contributed by atoms with Crippen LogP contribution >= 0.6 is 23.4 Å². The lowest BCUT2D eigenvalue weighted by Crippen LogP contribution is -2.25. The first-order valence-corrected chi connectivity index (χ1v) is 9.13. The van der Waals surface area contributed by atoms with Crippen LogP contribution in [0.5, 0.6) is 5.75 Å². The van der Waals surface area contributed by atoms with Crippen molar-refractivity contribution in [2.75, 3.05) is 23.5 Å². The average Bonchev–Trinajstić information content (AvgIpc) is 2.61. The van der Waals surface area contributed by atoms with Crippen LogP contribution in [0.15, 0.2) is 42.5 Å². The van der Waals surface area contributed by atoms with E-state index in [4.69, 9.17) is 16.3 Å². The number of carbonyl (C=O) groups excluding carboxylic acids is 2. The Labute approximate surface area is 160 Å². The summed E-state index contributed by atoms with van der Waals surface area (Å²) in [6.07, 6.45) is 0. The quantitative estimate of drug-likeness (QED) is 0.736. The number of halogens is 2. The molecule has 0 bridgehead atoms. The highest BCUT2D eigenvalue weighted by Crippen LogP contribution is 2.27. The van der Waals surface area contributed by atoms with E-state index >= 15 is 0 Å². The fraction of sp³-hybridized carbons (Fsp3) is 0.222. The van der Waals surface area contributed by atoms with Crippen LogP contribution in [0.25, 0.3) is 0 Å². The molecule has 8 heteroatoms. The second kappa shape index (κ2) is 9.45. The lowest BCUT2D eigenvalue weighted by Gasteiger charge is -2.13. The second-order valence-electron chi connectivity index (χ2n) is 5.35. The molecule has 0 saturated heterocycles. The maximum absolute atomic E-state index is 12.8. The first-order valence-electron chi connectivity index (χ1n) is 7.70. The number of thioether (sulfide) groups is 1. The van der Waals surface area contributed by atoms with Crippen molar-refractivity contribution in [1.29, 1.82) is 0 Å². The Morgan fingerprint density at radius 3 is 2.42 bits per heavy atom. The van der Waals surface area contributed by atoms with E-state index in [-0.39, 0.29) is 23.4 Å². The molecular weight excluding hydrogens is 379 g/mol. The van der Waals surface area contributed by atoms with E-state index < -0.39 is 5.25 Å². The van der Waals surface area contributed by atoms with Crippen LogP contribution in [0.4, 0.5) is 15.8 Å². The number of anilines is 2. The molecule has 1 unspecified atom stereocenters. The Bertz CT molecular complexity index is 787. The zero-order valence-corrected chi connectivity index (χ0v) is 15.8. The zero-order chi connectivity index (χ0) is 19.1. The number of benzene rings is 2. The molecule has 5 nitrogen and oxygen atoms in total. The molecule has 0 aromatic heterocycles. The Morgan fingerprint density at radius 2 is 1.81 bits per heavy atom. The SMILES string of the molecule is COc1ccc(NC(=O)C(C)SCC(=O)Nc2ccc(F)cc2)cc1Cl. The molecule has 0 fully saturated rings. The number of rotatable bonds is 7. The topological polar surface area (TPSA) is 67.4 Å². The van der Waals surface area contributed by atoms with E-state index in [1.807, 2.05) is 0 Å². The van der Waals surface area contributed by atoms with Crippen molar-refractivity contribution >= 4 is 46.6 Å². The molecule has 2 N–H and O–H groups in total. The third kappa shape index (κ3) is 5.93. The highest BCUT2D eigenvalue weighted by Gasteiger charge is 2.16. The summed E-state index contributed by atoms with van der Waals surface area (Å²) in [5, 5.41) is 5.33. The maximum atomic E-state index is 12.8. The van der Waals surface area contributed by atoms with Crippen LogP contribution in [0.1, 0.15) is 6.92 Å². The molecule has 0 aliphatic carbocycles. The minimum Gasteiger partial charge on any atom is -0.495 e. The van der Waals surface area contributed by atoms with Gasteiger partial charge in [-0.15, -0.1) is 11.8 Å².